The van der Waals surface area contributed by atoms with Crippen LogP contribution in [0, 0.1) is 11.8 Å². The molecule has 3 rings (SSSR count). The minimum absolute atomic E-state index is 0.0426. The van der Waals surface area contributed by atoms with Crippen LogP contribution in [0.5, 0.6) is 0 Å². The van der Waals surface area contributed by atoms with Crippen LogP contribution in [0.25, 0.3) is 0 Å². The third kappa shape index (κ3) is 3.31. The lowest BCUT2D eigenvalue weighted by Gasteiger charge is -2.17. The van der Waals surface area contributed by atoms with E-state index in [0.717, 1.165) is 0 Å². The highest BCUT2D eigenvalue weighted by Crippen LogP contribution is 2.60. The predicted molar refractivity (Wildman–Crippen MR) is 94.3 cm³/mol. The van der Waals surface area contributed by atoms with Crippen LogP contribution in [0.1, 0.15) is 43.7 Å². The summed E-state index contributed by atoms with van der Waals surface area (Å²) in [7, 11) is 0. The fourth-order valence-corrected chi connectivity index (χ4v) is 3.30. The number of rotatable bonds is 5. The molecule has 3 atom stereocenters. The van der Waals surface area contributed by atoms with Crippen LogP contribution in [0.2, 0.25) is 0 Å². The molecule has 0 unspecified atom stereocenters. The van der Waals surface area contributed by atoms with Gasteiger partial charge < -0.3 is 5.32 Å². The topological polar surface area (TPSA) is 29.1 Å². The lowest BCUT2D eigenvalue weighted by atomic mass is 10.0. The molecule has 23 heavy (non-hydrogen) atoms. The van der Waals surface area contributed by atoms with E-state index >= 15 is 0 Å². The number of amides is 1. The van der Waals surface area contributed by atoms with Crippen molar-refractivity contribution in [3.05, 3.63) is 71.8 Å². The Hall–Kier alpha value is -2.09. The molecule has 1 aliphatic carbocycles. The van der Waals surface area contributed by atoms with E-state index in [-0.39, 0.29) is 29.7 Å². The van der Waals surface area contributed by atoms with Crippen molar-refractivity contribution >= 4 is 5.91 Å². The second-order valence-corrected chi connectivity index (χ2v) is 6.94. The first-order valence-corrected chi connectivity index (χ1v) is 8.50. The molecule has 120 valence electrons. The fraction of sp³-hybridized carbons (Fsp3) is 0.381. The van der Waals surface area contributed by atoms with Gasteiger partial charge >= 0.3 is 0 Å². The molecule has 0 bridgehead atoms. The second-order valence-electron chi connectivity index (χ2n) is 6.94. The van der Waals surface area contributed by atoms with Crippen LogP contribution >= 0.6 is 0 Å². The molecular formula is C21H25NO. The summed E-state index contributed by atoms with van der Waals surface area (Å²) in [4.78, 5) is 12.8. The van der Waals surface area contributed by atoms with E-state index in [1.807, 2.05) is 12.1 Å². The summed E-state index contributed by atoms with van der Waals surface area (Å²) in [5, 5.41) is 3.20. The van der Waals surface area contributed by atoms with E-state index in [1.54, 1.807) is 0 Å². The highest BCUT2D eigenvalue weighted by Gasteiger charge is 2.56. The standard InChI is InChI=1S/C21H25NO/c1-14(2)15(3)22-21(23)20-18(16-10-6-4-7-11-16)19(20)17-12-8-5-9-13-17/h4-15,18-20H,1-3H3,(H,22,23)/t15-,18+,19+/m1/s1. The van der Waals surface area contributed by atoms with Crippen molar-refractivity contribution in [3.8, 4) is 0 Å². The fourth-order valence-electron chi connectivity index (χ4n) is 3.30. The molecule has 0 spiro atoms. The highest BCUT2D eigenvalue weighted by atomic mass is 16.2. The molecule has 0 saturated heterocycles. The minimum Gasteiger partial charge on any atom is -0.353 e. The quantitative estimate of drug-likeness (QED) is 0.874. The van der Waals surface area contributed by atoms with E-state index in [2.05, 4.69) is 74.6 Å². The van der Waals surface area contributed by atoms with Gasteiger partial charge in [0, 0.05) is 17.9 Å². The monoisotopic (exact) mass is 307 g/mol. The van der Waals surface area contributed by atoms with E-state index in [1.165, 1.54) is 11.1 Å². The predicted octanol–water partition coefficient (Wildman–Crippen LogP) is 4.34. The Kier molecular flexibility index (Phi) is 4.51. The summed E-state index contributed by atoms with van der Waals surface area (Å²) >= 11 is 0. The van der Waals surface area contributed by atoms with Crippen LogP contribution in [0.3, 0.4) is 0 Å². The molecule has 1 amide bonds. The largest absolute Gasteiger partial charge is 0.353 e. The summed E-state index contributed by atoms with van der Waals surface area (Å²) in [5.74, 6) is 1.26. The normalized spacial score (nSPS) is 24.3. The third-order valence-electron chi connectivity index (χ3n) is 5.06. The van der Waals surface area contributed by atoms with Gasteiger partial charge in [-0.3, -0.25) is 4.79 Å². The smallest absolute Gasteiger partial charge is 0.224 e. The molecule has 2 aromatic rings. The first-order valence-electron chi connectivity index (χ1n) is 8.50. The molecule has 1 saturated carbocycles. The molecule has 1 fully saturated rings. The Morgan fingerprint density at radius 1 is 0.826 bits per heavy atom. The van der Waals surface area contributed by atoms with Gasteiger partial charge in [0.2, 0.25) is 5.91 Å². The average Bonchev–Trinajstić information content (AvgIpc) is 3.32. The molecule has 1 aliphatic rings. The van der Waals surface area contributed by atoms with E-state index in [0.29, 0.717) is 5.92 Å². The van der Waals surface area contributed by atoms with E-state index in [9.17, 15) is 4.79 Å². The molecule has 0 heterocycles. The Morgan fingerprint density at radius 2 is 1.26 bits per heavy atom. The number of nitrogens with one attached hydrogen (secondary N) is 1. The maximum absolute atomic E-state index is 12.8. The maximum atomic E-state index is 12.8. The van der Waals surface area contributed by atoms with Crippen molar-refractivity contribution in [1.82, 2.24) is 5.32 Å². The molecule has 0 radical (unpaired) electrons. The van der Waals surface area contributed by atoms with Crippen LogP contribution in [0.4, 0.5) is 0 Å². The van der Waals surface area contributed by atoms with Crippen molar-refractivity contribution < 1.29 is 4.79 Å². The van der Waals surface area contributed by atoms with Crippen LogP contribution < -0.4 is 5.32 Å². The molecule has 1 N–H and O–H groups in total. The SMILES string of the molecule is CC(C)[C@@H](C)NC(=O)C1[C@@H](c2ccccc2)[C@@H]1c1ccccc1. The Balaban J connectivity index is 1.83. The second kappa shape index (κ2) is 6.57. The van der Waals surface area contributed by atoms with Crippen LogP contribution in [-0.4, -0.2) is 11.9 Å². The van der Waals surface area contributed by atoms with Crippen molar-refractivity contribution in [2.45, 2.75) is 38.6 Å². The van der Waals surface area contributed by atoms with Gasteiger partial charge in [-0.2, -0.15) is 0 Å². The number of benzene rings is 2. The molecular weight excluding hydrogens is 282 g/mol. The lowest BCUT2D eigenvalue weighted by Crippen LogP contribution is -2.37. The minimum atomic E-state index is 0.0426. The summed E-state index contributed by atoms with van der Waals surface area (Å²) in [6.07, 6.45) is 0. The summed E-state index contributed by atoms with van der Waals surface area (Å²) in [6, 6.07) is 21.0. The van der Waals surface area contributed by atoms with E-state index in [4.69, 9.17) is 0 Å². The van der Waals surface area contributed by atoms with Crippen molar-refractivity contribution in [1.29, 1.82) is 0 Å². The molecule has 2 heteroatoms. The summed E-state index contributed by atoms with van der Waals surface area (Å²) in [5.41, 5.74) is 2.53. The van der Waals surface area contributed by atoms with Crippen molar-refractivity contribution in [3.63, 3.8) is 0 Å². The number of carbonyl (C=O) groups excluding carboxylic acids is 1. The number of carbonyl (C=O) groups is 1. The van der Waals surface area contributed by atoms with Crippen LogP contribution in [-0.2, 0) is 4.79 Å². The van der Waals surface area contributed by atoms with Gasteiger partial charge in [-0.15, -0.1) is 0 Å². The zero-order valence-corrected chi connectivity index (χ0v) is 14.1. The Labute approximate surface area is 138 Å². The van der Waals surface area contributed by atoms with E-state index < -0.39 is 0 Å². The lowest BCUT2D eigenvalue weighted by molar-refractivity contribution is -0.123. The van der Waals surface area contributed by atoms with Crippen LogP contribution in [0.15, 0.2) is 60.7 Å². The number of hydrogen-bond acceptors (Lipinski definition) is 1. The zero-order valence-electron chi connectivity index (χ0n) is 14.1. The van der Waals surface area contributed by atoms with Gasteiger partial charge in [0.15, 0.2) is 0 Å². The Morgan fingerprint density at radius 3 is 1.65 bits per heavy atom. The zero-order chi connectivity index (χ0) is 16.4. The molecule has 0 aromatic heterocycles. The van der Waals surface area contributed by atoms with Gasteiger partial charge in [0.1, 0.15) is 0 Å². The summed E-state index contributed by atoms with van der Waals surface area (Å²) in [6.45, 7) is 6.36. The molecule has 0 aliphatic heterocycles. The highest BCUT2D eigenvalue weighted by molar-refractivity contribution is 5.85. The first kappa shape index (κ1) is 15.8. The molecule has 2 aromatic carbocycles. The third-order valence-corrected chi connectivity index (χ3v) is 5.06. The van der Waals surface area contributed by atoms with Gasteiger partial charge in [-0.05, 0) is 24.0 Å². The summed E-state index contributed by atoms with van der Waals surface area (Å²) < 4.78 is 0. The average molecular weight is 307 g/mol. The first-order chi connectivity index (χ1) is 11.1. The van der Waals surface area contributed by atoms with Gasteiger partial charge in [-0.25, -0.2) is 0 Å². The van der Waals surface area contributed by atoms with Gasteiger partial charge in [0.05, 0.1) is 5.92 Å². The number of hydrogen-bond donors (Lipinski definition) is 1. The van der Waals surface area contributed by atoms with Gasteiger partial charge in [0.25, 0.3) is 0 Å². The van der Waals surface area contributed by atoms with Crippen molar-refractivity contribution in [2.75, 3.05) is 0 Å². The Bertz CT molecular complexity index is 605. The van der Waals surface area contributed by atoms with Crippen molar-refractivity contribution in [2.24, 2.45) is 11.8 Å². The molecule has 2 nitrogen and oxygen atoms in total. The van der Waals surface area contributed by atoms with Gasteiger partial charge in [-0.1, -0.05) is 74.5 Å². The maximum Gasteiger partial charge on any atom is 0.224 e.